The Morgan fingerprint density at radius 1 is 1.26 bits per heavy atom. The zero-order valence-corrected chi connectivity index (χ0v) is 11.5. The molecule has 0 amide bonds. The second-order valence-corrected chi connectivity index (χ2v) is 4.96. The van der Waals surface area contributed by atoms with Crippen molar-refractivity contribution in [3.05, 3.63) is 42.2 Å². The number of nitrogens with zero attached hydrogens (tertiary/aromatic N) is 2. The van der Waals surface area contributed by atoms with E-state index in [-0.39, 0.29) is 0 Å². The number of nitrogen functional groups attached to an aromatic ring is 1. The first-order valence-corrected chi connectivity index (χ1v) is 6.66. The molecule has 0 bridgehead atoms. The molecule has 102 valence electrons. The number of ether oxygens (including phenoxy) is 1. The lowest BCUT2D eigenvalue weighted by molar-refractivity contribution is 0.298. The van der Waals surface area contributed by atoms with Crippen molar-refractivity contribution >= 4 is 5.69 Å². The Hall–Kier alpha value is -1.97. The van der Waals surface area contributed by atoms with E-state index in [1.807, 2.05) is 23.0 Å². The third-order valence-corrected chi connectivity index (χ3v) is 3.00. The predicted molar refractivity (Wildman–Crippen MR) is 77.3 cm³/mol. The molecule has 0 aliphatic rings. The summed E-state index contributed by atoms with van der Waals surface area (Å²) in [5.41, 5.74) is 7.63. The van der Waals surface area contributed by atoms with Crippen molar-refractivity contribution < 1.29 is 4.74 Å². The molecule has 1 heterocycles. The highest BCUT2D eigenvalue weighted by atomic mass is 16.5. The van der Waals surface area contributed by atoms with Gasteiger partial charge in [-0.3, -0.25) is 4.68 Å². The topological polar surface area (TPSA) is 53.1 Å². The van der Waals surface area contributed by atoms with Crippen LogP contribution in [0.2, 0.25) is 0 Å². The molecule has 0 unspecified atom stereocenters. The van der Waals surface area contributed by atoms with Gasteiger partial charge >= 0.3 is 0 Å². The summed E-state index contributed by atoms with van der Waals surface area (Å²) in [6, 6.07) is 8.30. The van der Waals surface area contributed by atoms with Crippen molar-refractivity contribution in [3.8, 4) is 5.75 Å². The molecular weight excluding hydrogens is 238 g/mol. The number of rotatable bonds is 6. The van der Waals surface area contributed by atoms with Gasteiger partial charge in [0.25, 0.3) is 0 Å². The minimum atomic E-state index is 0.555. The van der Waals surface area contributed by atoms with Gasteiger partial charge in [-0.15, -0.1) is 0 Å². The van der Waals surface area contributed by atoms with Gasteiger partial charge in [0.15, 0.2) is 0 Å². The van der Waals surface area contributed by atoms with Crippen LogP contribution in [0.1, 0.15) is 31.7 Å². The van der Waals surface area contributed by atoms with Crippen molar-refractivity contribution in [3.63, 3.8) is 0 Å². The first-order valence-electron chi connectivity index (χ1n) is 6.66. The zero-order valence-electron chi connectivity index (χ0n) is 11.5. The molecule has 2 N–H and O–H groups in total. The van der Waals surface area contributed by atoms with Gasteiger partial charge in [-0.25, -0.2) is 0 Å². The first-order chi connectivity index (χ1) is 9.15. The van der Waals surface area contributed by atoms with Crippen molar-refractivity contribution in [2.24, 2.45) is 0 Å². The van der Waals surface area contributed by atoms with Crippen LogP contribution in [-0.4, -0.2) is 16.4 Å². The fraction of sp³-hybridized carbons (Fsp3) is 0.400. The molecule has 4 nitrogen and oxygen atoms in total. The number of benzene rings is 1. The molecule has 0 saturated heterocycles. The zero-order chi connectivity index (χ0) is 13.7. The summed E-state index contributed by atoms with van der Waals surface area (Å²) >= 11 is 0. The van der Waals surface area contributed by atoms with Crippen LogP contribution in [0.15, 0.2) is 36.7 Å². The maximum Gasteiger partial charge on any atom is 0.119 e. The van der Waals surface area contributed by atoms with Gasteiger partial charge in [-0.1, -0.05) is 26.0 Å². The summed E-state index contributed by atoms with van der Waals surface area (Å²) < 4.78 is 7.53. The summed E-state index contributed by atoms with van der Waals surface area (Å²) in [5, 5.41) is 4.13. The van der Waals surface area contributed by atoms with Crippen LogP contribution in [-0.2, 0) is 6.54 Å². The van der Waals surface area contributed by atoms with Crippen LogP contribution in [0.5, 0.6) is 5.75 Å². The standard InChI is InChI=1S/C15H21N3O/c1-12(2)13-4-6-15(7-5-13)19-9-3-8-18-11-14(16)10-17-18/h4-7,10-12H,3,8-9,16H2,1-2H3. The molecule has 0 aliphatic heterocycles. The lowest BCUT2D eigenvalue weighted by atomic mass is 10.0. The number of aryl methyl sites for hydroxylation is 1. The Morgan fingerprint density at radius 3 is 2.58 bits per heavy atom. The highest BCUT2D eigenvalue weighted by Gasteiger charge is 2.00. The summed E-state index contributed by atoms with van der Waals surface area (Å²) in [5.74, 6) is 1.48. The number of hydrogen-bond acceptors (Lipinski definition) is 3. The van der Waals surface area contributed by atoms with Crippen LogP contribution >= 0.6 is 0 Å². The SMILES string of the molecule is CC(C)c1ccc(OCCCn2cc(N)cn2)cc1. The van der Waals surface area contributed by atoms with Gasteiger partial charge in [0, 0.05) is 19.2 Å². The lowest BCUT2D eigenvalue weighted by Crippen LogP contribution is -2.05. The quantitative estimate of drug-likeness (QED) is 0.811. The maximum absolute atomic E-state index is 5.70. The highest BCUT2D eigenvalue weighted by molar-refractivity contribution is 5.30. The molecule has 0 radical (unpaired) electrons. The van der Waals surface area contributed by atoms with Crippen LogP contribution in [0.4, 0.5) is 5.69 Å². The molecule has 2 rings (SSSR count). The molecule has 0 atom stereocenters. The summed E-state index contributed by atoms with van der Waals surface area (Å²) in [6.45, 7) is 5.87. The summed E-state index contributed by atoms with van der Waals surface area (Å²) in [4.78, 5) is 0. The third-order valence-electron chi connectivity index (χ3n) is 3.00. The molecule has 4 heteroatoms. The van der Waals surface area contributed by atoms with Crippen molar-refractivity contribution in [1.29, 1.82) is 0 Å². The number of aromatic nitrogens is 2. The van der Waals surface area contributed by atoms with Gasteiger partial charge < -0.3 is 10.5 Å². The molecule has 0 fully saturated rings. The largest absolute Gasteiger partial charge is 0.494 e. The molecule has 0 saturated carbocycles. The van der Waals surface area contributed by atoms with Crippen LogP contribution in [0.3, 0.4) is 0 Å². The molecule has 1 aromatic carbocycles. The first kappa shape index (κ1) is 13.5. The van der Waals surface area contributed by atoms with Gasteiger partial charge in [0.05, 0.1) is 18.5 Å². The Balaban J connectivity index is 1.73. The van der Waals surface area contributed by atoms with Crippen molar-refractivity contribution in [2.75, 3.05) is 12.3 Å². The van der Waals surface area contributed by atoms with Crippen LogP contribution in [0, 0.1) is 0 Å². The number of anilines is 1. The van der Waals surface area contributed by atoms with E-state index < -0.39 is 0 Å². The van der Waals surface area contributed by atoms with Crippen LogP contribution < -0.4 is 10.5 Å². The van der Waals surface area contributed by atoms with E-state index in [9.17, 15) is 0 Å². The number of nitrogens with two attached hydrogens (primary N) is 1. The molecule has 19 heavy (non-hydrogen) atoms. The average molecular weight is 259 g/mol. The van der Waals surface area contributed by atoms with Gasteiger partial charge in [-0.05, 0) is 23.6 Å². The van der Waals surface area contributed by atoms with E-state index in [4.69, 9.17) is 10.5 Å². The molecule has 0 spiro atoms. The average Bonchev–Trinajstić information content (AvgIpc) is 2.81. The minimum absolute atomic E-state index is 0.555. The van der Waals surface area contributed by atoms with Gasteiger partial charge in [-0.2, -0.15) is 5.10 Å². The number of hydrogen-bond donors (Lipinski definition) is 1. The fourth-order valence-corrected chi connectivity index (χ4v) is 1.87. The second kappa shape index (κ2) is 6.27. The minimum Gasteiger partial charge on any atom is -0.494 e. The van der Waals surface area contributed by atoms with Crippen molar-refractivity contribution in [1.82, 2.24) is 9.78 Å². The Labute approximate surface area is 114 Å². The Bertz CT molecular complexity index is 502. The normalized spacial score (nSPS) is 10.9. The van der Waals surface area contributed by atoms with E-state index in [0.29, 0.717) is 18.2 Å². The van der Waals surface area contributed by atoms with Crippen LogP contribution in [0.25, 0.3) is 0 Å². The maximum atomic E-state index is 5.70. The Kier molecular flexibility index (Phi) is 4.44. The second-order valence-electron chi connectivity index (χ2n) is 4.96. The smallest absolute Gasteiger partial charge is 0.119 e. The van der Waals surface area contributed by atoms with Crippen molar-refractivity contribution in [2.45, 2.75) is 32.7 Å². The Morgan fingerprint density at radius 2 is 2.00 bits per heavy atom. The van der Waals surface area contributed by atoms with Gasteiger partial charge in [0.2, 0.25) is 0 Å². The monoisotopic (exact) mass is 259 g/mol. The molecule has 1 aromatic heterocycles. The highest BCUT2D eigenvalue weighted by Crippen LogP contribution is 2.18. The van der Waals surface area contributed by atoms with E-state index in [1.54, 1.807) is 6.20 Å². The predicted octanol–water partition coefficient (Wildman–Crippen LogP) is 3.06. The summed E-state index contributed by atoms with van der Waals surface area (Å²) in [7, 11) is 0. The van der Waals surface area contributed by atoms with E-state index in [1.165, 1.54) is 5.56 Å². The summed E-state index contributed by atoms with van der Waals surface area (Å²) in [6.07, 6.45) is 4.40. The van der Waals surface area contributed by atoms with E-state index >= 15 is 0 Å². The lowest BCUT2D eigenvalue weighted by Gasteiger charge is -2.09. The molecule has 0 aliphatic carbocycles. The van der Waals surface area contributed by atoms with E-state index in [2.05, 4.69) is 31.1 Å². The fourth-order valence-electron chi connectivity index (χ4n) is 1.87. The van der Waals surface area contributed by atoms with E-state index in [0.717, 1.165) is 18.7 Å². The molecule has 2 aromatic rings. The third kappa shape index (κ3) is 4.02. The molecular formula is C15H21N3O. The van der Waals surface area contributed by atoms with Gasteiger partial charge in [0.1, 0.15) is 5.75 Å².